The molecule has 0 aromatic rings. The van der Waals surface area contributed by atoms with Crippen LogP contribution < -0.4 is 0 Å². The number of hydrogen-bond acceptors (Lipinski definition) is 2. The first kappa shape index (κ1) is 9.60. The van der Waals surface area contributed by atoms with E-state index in [0.29, 0.717) is 6.61 Å². The second-order valence-electron chi connectivity index (χ2n) is 2.97. The molecule has 66 valence electrons. The van der Waals surface area contributed by atoms with Crippen molar-refractivity contribution in [1.29, 1.82) is 0 Å². The summed E-state index contributed by atoms with van der Waals surface area (Å²) in [6.07, 6.45) is 3.50. The normalized spacial score (nSPS) is 27.1. The van der Waals surface area contributed by atoms with E-state index < -0.39 is 5.79 Å². The van der Waals surface area contributed by atoms with Gasteiger partial charge in [0.1, 0.15) is 6.10 Å². The highest BCUT2D eigenvalue weighted by Crippen LogP contribution is 2.22. The van der Waals surface area contributed by atoms with Crippen molar-refractivity contribution in [1.82, 2.24) is 0 Å². The van der Waals surface area contributed by atoms with Crippen LogP contribution >= 0.6 is 11.6 Å². The van der Waals surface area contributed by atoms with Crippen molar-refractivity contribution in [3.05, 3.63) is 12.2 Å². The molecule has 1 atom stereocenters. The maximum absolute atomic E-state index is 5.48. The van der Waals surface area contributed by atoms with Crippen LogP contribution in [0.4, 0.5) is 0 Å². The van der Waals surface area contributed by atoms with Crippen molar-refractivity contribution < 1.29 is 9.47 Å². The summed E-state index contributed by atoms with van der Waals surface area (Å²) in [4.78, 5) is 0. The lowest BCUT2D eigenvalue weighted by atomic mass is 10.3. The van der Waals surface area contributed by atoms with Crippen molar-refractivity contribution in [2.75, 3.05) is 6.61 Å². The summed E-state index contributed by atoms with van der Waals surface area (Å²) in [5, 5.41) is 2.25. The molecule has 0 N–H and O–H groups in total. The smallest absolute Gasteiger partial charge is 0.163 e. The maximum atomic E-state index is 5.48. The Balaban J connectivity index is 2.41. The van der Waals surface area contributed by atoms with Gasteiger partial charge in [0.25, 0.3) is 0 Å². The van der Waals surface area contributed by atoms with Gasteiger partial charge in [-0.15, -0.1) is 0 Å². The molecule has 1 heterocycles. The van der Waals surface area contributed by atoms with E-state index in [0.717, 1.165) is 0 Å². The molecule has 0 saturated carbocycles. The molecule has 1 saturated heterocycles. The molecule has 0 aromatic carbocycles. The highest BCUT2D eigenvalue weighted by atomic mass is 35.5. The highest BCUT2D eigenvalue weighted by Gasteiger charge is 2.30. The molecule has 0 unspecified atom stereocenters. The van der Waals surface area contributed by atoms with Crippen LogP contribution in [0.1, 0.15) is 13.8 Å². The quantitative estimate of drug-likeness (QED) is 0.583. The van der Waals surface area contributed by atoms with Gasteiger partial charge < -0.3 is 9.47 Å². The van der Waals surface area contributed by atoms with Crippen LogP contribution in [0.2, 0.25) is 0 Å². The van der Waals surface area contributed by atoms with Gasteiger partial charge >= 0.3 is 0 Å². The number of ether oxygens (including phenoxy) is 2. The number of halogens is 1. The van der Waals surface area contributed by atoms with E-state index in [-0.39, 0.29) is 6.10 Å². The van der Waals surface area contributed by atoms with E-state index in [1.165, 1.54) is 0 Å². The molecule has 2 nitrogen and oxygen atoms in total. The van der Waals surface area contributed by atoms with Crippen LogP contribution in [0.15, 0.2) is 12.2 Å². The molecular weight excluding hydrogens is 176 g/mol. The fraction of sp³-hybridized carbons (Fsp3) is 0.556. The zero-order valence-corrected chi connectivity index (χ0v) is 7.89. The van der Waals surface area contributed by atoms with E-state index in [4.69, 9.17) is 21.1 Å². The van der Waals surface area contributed by atoms with E-state index in [2.05, 4.69) is 11.3 Å². The summed E-state index contributed by atoms with van der Waals surface area (Å²) in [5.74, 6) is 2.13. The van der Waals surface area contributed by atoms with Crippen molar-refractivity contribution >= 4 is 11.6 Å². The third-order valence-corrected chi connectivity index (χ3v) is 1.59. The van der Waals surface area contributed by atoms with Crippen molar-refractivity contribution in [2.24, 2.45) is 0 Å². The molecule has 0 bridgehead atoms. The molecule has 0 spiro atoms. The minimum atomic E-state index is -0.469. The average molecular weight is 187 g/mol. The third kappa shape index (κ3) is 2.86. The minimum Gasteiger partial charge on any atom is -0.347 e. The third-order valence-electron chi connectivity index (χ3n) is 1.48. The van der Waals surface area contributed by atoms with Crippen LogP contribution in [0, 0.1) is 11.3 Å². The van der Waals surface area contributed by atoms with Gasteiger partial charge in [-0.3, -0.25) is 0 Å². The summed E-state index contributed by atoms with van der Waals surface area (Å²) < 4.78 is 10.8. The Kier molecular flexibility index (Phi) is 3.16. The fourth-order valence-corrected chi connectivity index (χ4v) is 1.06. The van der Waals surface area contributed by atoms with Crippen LogP contribution in [-0.2, 0) is 9.47 Å². The molecule has 1 fully saturated rings. The lowest BCUT2D eigenvalue weighted by molar-refractivity contribution is -0.133. The van der Waals surface area contributed by atoms with Crippen LogP contribution in [0.25, 0.3) is 0 Å². The van der Waals surface area contributed by atoms with Crippen LogP contribution in [-0.4, -0.2) is 18.5 Å². The fourth-order valence-electron chi connectivity index (χ4n) is 0.997. The van der Waals surface area contributed by atoms with Gasteiger partial charge in [0.05, 0.1) is 6.61 Å². The van der Waals surface area contributed by atoms with Gasteiger partial charge in [0, 0.05) is 5.38 Å². The van der Waals surface area contributed by atoms with Gasteiger partial charge in [0.15, 0.2) is 5.79 Å². The molecule has 1 rings (SSSR count). The Labute approximate surface area is 77.5 Å². The predicted molar refractivity (Wildman–Crippen MR) is 47.7 cm³/mol. The number of rotatable bonds is 1. The number of allylic oxidation sites excluding steroid dienone is 1. The monoisotopic (exact) mass is 186 g/mol. The van der Waals surface area contributed by atoms with E-state index >= 15 is 0 Å². The van der Waals surface area contributed by atoms with E-state index in [1.807, 2.05) is 19.9 Å². The maximum Gasteiger partial charge on any atom is 0.163 e. The Morgan fingerprint density at radius 1 is 1.58 bits per heavy atom. The Bertz CT molecular complexity index is 235. The molecular formula is C9H11ClO2. The molecule has 1 aliphatic heterocycles. The number of hydrogen-bond donors (Lipinski definition) is 0. The van der Waals surface area contributed by atoms with Gasteiger partial charge in [-0.05, 0) is 37.6 Å². The summed E-state index contributed by atoms with van der Waals surface area (Å²) >= 11 is 5.16. The van der Waals surface area contributed by atoms with Crippen LogP contribution in [0.5, 0.6) is 0 Å². The topological polar surface area (TPSA) is 18.5 Å². The van der Waals surface area contributed by atoms with Crippen molar-refractivity contribution in [3.63, 3.8) is 0 Å². The van der Waals surface area contributed by atoms with Crippen molar-refractivity contribution in [3.8, 4) is 11.3 Å². The molecule has 0 aliphatic carbocycles. The highest BCUT2D eigenvalue weighted by molar-refractivity contribution is 6.30. The van der Waals surface area contributed by atoms with E-state index in [9.17, 15) is 0 Å². The molecule has 12 heavy (non-hydrogen) atoms. The SMILES string of the molecule is CC1(C)OC[C@H](/C=C\C#CCl)O1. The van der Waals surface area contributed by atoms with Gasteiger partial charge in [0.2, 0.25) is 0 Å². The zero-order chi connectivity index (χ0) is 9.03. The Morgan fingerprint density at radius 2 is 2.33 bits per heavy atom. The Hall–Kier alpha value is -0.490. The average Bonchev–Trinajstić information content (AvgIpc) is 2.31. The zero-order valence-electron chi connectivity index (χ0n) is 7.13. The molecule has 0 radical (unpaired) electrons. The van der Waals surface area contributed by atoms with Gasteiger partial charge in [-0.1, -0.05) is 5.92 Å². The lowest BCUT2D eigenvalue weighted by Crippen LogP contribution is -2.20. The summed E-state index contributed by atoms with van der Waals surface area (Å²) in [6.45, 7) is 4.34. The van der Waals surface area contributed by atoms with Crippen molar-refractivity contribution in [2.45, 2.75) is 25.7 Å². The first-order valence-corrected chi connectivity index (χ1v) is 4.11. The first-order chi connectivity index (χ1) is 5.64. The van der Waals surface area contributed by atoms with Gasteiger partial charge in [-0.25, -0.2) is 0 Å². The Morgan fingerprint density at radius 3 is 2.83 bits per heavy atom. The predicted octanol–water partition coefficient (Wildman–Crippen LogP) is 1.89. The second kappa shape index (κ2) is 3.95. The largest absolute Gasteiger partial charge is 0.347 e. The van der Waals surface area contributed by atoms with Crippen LogP contribution in [0.3, 0.4) is 0 Å². The van der Waals surface area contributed by atoms with Gasteiger partial charge in [-0.2, -0.15) is 0 Å². The molecule has 0 aromatic heterocycles. The minimum absolute atomic E-state index is 0.00230. The molecule has 0 amide bonds. The standard InChI is InChI=1S/C9H11ClO2/c1-9(2)11-7-8(12-9)5-3-4-6-10/h3,5,8H,7H2,1-2H3/b5-3-/t8-/m0/s1. The first-order valence-electron chi connectivity index (χ1n) is 3.74. The summed E-state index contributed by atoms with van der Waals surface area (Å²) in [6, 6.07) is 0. The van der Waals surface area contributed by atoms with E-state index in [1.54, 1.807) is 6.08 Å². The second-order valence-corrected chi connectivity index (χ2v) is 3.15. The lowest BCUT2D eigenvalue weighted by Gasteiger charge is -2.15. The summed E-state index contributed by atoms with van der Waals surface area (Å²) in [7, 11) is 0. The molecule has 3 heteroatoms. The molecule has 1 aliphatic rings. The summed E-state index contributed by atoms with van der Waals surface area (Å²) in [5.41, 5.74) is 0.